The van der Waals surface area contributed by atoms with Crippen LogP contribution in [0.2, 0.25) is 0 Å². The molecule has 0 aromatic rings. The number of rotatable bonds is 4. The van der Waals surface area contributed by atoms with Crippen LogP contribution in [0.3, 0.4) is 0 Å². The molecule has 1 aliphatic carbocycles. The summed E-state index contributed by atoms with van der Waals surface area (Å²) in [7, 11) is -1.93. The highest BCUT2D eigenvalue weighted by molar-refractivity contribution is 7.88. The summed E-state index contributed by atoms with van der Waals surface area (Å²) in [5.74, 6) is -0.0620. The van der Waals surface area contributed by atoms with Gasteiger partial charge in [0.25, 0.3) is 0 Å². The van der Waals surface area contributed by atoms with Crippen molar-refractivity contribution in [2.75, 3.05) is 26.4 Å². The number of carbonyl (C=O) groups excluding carboxylic acids is 1. The Morgan fingerprint density at radius 1 is 1.32 bits per heavy atom. The largest absolute Gasteiger partial charge is 0.390 e. The number of hydrogen-bond donors (Lipinski definition) is 1. The van der Waals surface area contributed by atoms with Gasteiger partial charge in [0.1, 0.15) is 0 Å². The van der Waals surface area contributed by atoms with Crippen LogP contribution in [0.4, 0.5) is 0 Å². The summed E-state index contributed by atoms with van der Waals surface area (Å²) in [6.45, 7) is 2.41. The van der Waals surface area contributed by atoms with Crippen molar-refractivity contribution in [1.82, 2.24) is 9.21 Å². The Kier molecular flexibility index (Phi) is 5.19. The predicted molar refractivity (Wildman–Crippen MR) is 84.8 cm³/mol. The second-order valence-electron chi connectivity index (χ2n) is 7.03. The van der Waals surface area contributed by atoms with Crippen molar-refractivity contribution in [1.29, 1.82) is 0 Å². The van der Waals surface area contributed by atoms with Crippen LogP contribution >= 0.6 is 0 Å². The summed E-state index contributed by atoms with van der Waals surface area (Å²) in [5, 5.41) is 10.7. The topological polar surface area (TPSA) is 77.9 Å². The molecule has 1 saturated heterocycles. The lowest BCUT2D eigenvalue weighted by molar-refractivity contribution is -0.136. The molecule has 6 nitrogen and oxygen atoms in total. The van der Waals surface area contributed by atoms with Gasteiger partial charge in [-0.15, -0.1) is 0 Å². The molecule has 0 bridgehead atoms. The van der Waals surface area contributed by atoms with Gasteiger partial charge in [-0.05, 0) is 32.6 Å². The van der Waals surface area contributed by atoms with Gasteiger partial charge in [0.15, 0.2) is 0 Å². The van der Waals surface area contributed by atoms with E-state index in [0.29, 0.717) is 6.54 Å². The molecule has 2 aliphatic rings. The third-order valence-electron chi connectivity index (χ3n) is 5.25. The van der Waals surface area contributed by atoms with Crippen LogP contribution in [-0.4, -0.2) is 66.7 Å². The molecule has 1 saturated carbocycles. The Bertz CT molecular complexity index is 518. The number of sulfonamides is 1. The van der Waals surface area contributed by atoms with Crippen LogP contribution in [0.25, 0.3) is 0 Å². The van der Waals surface area contributed by atoms with Gasteiger partial charge in [-0.3, -0.25) is 4.79 Å². The summed E-state index contributed by atoms with van der Waals surface area (Å²) in [4.78, 5) is 14.3. The molecule has 2 fully saturated rings. The van der Waals surface area contributed by atoms with Crippen LogP contribution in [0, 0.1) is 5.92 Å². The van der Waals surface area contributed by atoms with E-state index >= 15 is 0 Å². The zero-order valence-electron chi connectivity index (χ0n) is 13.8. The molecular weight excluding hydrogens is 304 g/mol. The van der Waals surface area contributed by atoms with Crippen molar-refractivity contribution in [2.45, 2.75) is 57.1 Å². The smallest absolute Gasteiger partial charge is 0.238 e. The Labute approximate surface area is 133 Å². The van der Waals surface area contributed by atoms with Gasteiger partial charge in [-0.1, -0.05) is 12.8 Å². The fourth-order valence-corrected chi connectivity index (χ4v) is 4.21. The minimum Gasteiger partial charge on any atom is -0.390 e. The number of carbonyl (C=O) groups is 1. The lowest BCUT2D eigenvalue weighted by atomic mass is 9.72. The minimum absolute atomic E-state index is 0.0377. The fourth-order valence-electron chi connectivity index (χ4n) is 3.87. The normalized spacial score (nSPS) is 33.4. The first kappa shape index (κ1) is 17.7. The average Bonchev–Trinajstić information content (AvgIpc) is 2.85. The molecule has 1 heterocycles. The Hall–Kier alpha value is -0.660. The van der Waals surface area contributed by atoms with Crippen molar-refractivity contribution < 1.29 is 18.3 Å². The van der Waals surface area contributed by atoms with E-state index in [2.05, 4.69) is 0 Å². The molecule has 3 atom stereocenters. The Morgan fingerprint density at radius 3 is 2.59 bits per heavy atom. The second kappa shape index (κ2) is 6.45. The molecule has 128 valence electrons. The van der Waals surface area contributed by atoms with Crippen LogP contribution in [0.5, 0.6) is 0 Å². The van der Waals surface area contributed by atoms with Gasteiger partial charge in [0.2, 0.25) is 15.9 Å². The first-order valence-corrected chi connectivity index (χ1v) is 9.91. The lowest BCUT2D eigenvalue weighted by Crippen LogP contribution is -2.52. The van der Waals surface area contributed by atoms with Crippen molar-refractivity contribution in [2.24, 2.45) is 5.92 Å². The first-order chi connectivity index (χ1) is 10.1. The molecule has 1 N–H and O–H groups in total. The van der Waals surface area contributed by atoms with Gasteiger partial charge in [-0.2, -0.15) is 4.31 Å². The maximum atomic E-state index is 12.5. The number of likely N-dealkylation sites (tertiary alicyclic amines) is 1. The highest BCUT2D eigenvalue weighted by Gasteiger charge is 2.44. The van der Waals surface area contributed by atoms with Crippen LogP contribution < -0.4 is 0 Å². The number of aliphatic hydroxyl groups is 1. The zero-order chi connectivity index (χ0) is 16.5. The van der Waals surface area contributed by atoms with Gasteiger partial charge < -0.3 is 10.0 Å². The number of likely N-dealkylation sites (N-methyl/N-ethyl adjacent to an activating group) is 1. The molecule has 0 radical (unpaired) electrons. The van der Waals surface area contributed by atoms with E-state index in [1.807, 2.05) is 6.92 Å². The molecule has 0 aromatic carbocycles. The predicted octanol–water partition coefficient (Wildman–Crippen LogP) is 0.810. The lowest BCUT2D eigenvalue weighted by Gasteiger charge is -2.43. The minimum atomic E-state index is -3.36. The summed E-state index contributed by atoms with van der Waals surface area (Å²) in [6.07, 6.45) is 6.75. The Balaban J connectivity index is 2.08. The molecule has 1 amide bonds. The van der Waals surface area contributed by atoms with E-state index in [4.69, 9.17) is 0 Å². The van der Waals surface area contributed by atoms with E-state index in [1.54, 1.807) is 4.90 Å². The molecule has 0 unspecified atom stereocenters. The van der Waals surface area contributed by atoms with Gasteiger partial charge in [-0.25, -0.2) is 8.42 Å². The fraction of sp³-hybridized carbons (Fsp3) is 0.933. The first-order valence-electron chi connectivity index (χ1n) is 8.06. The van der Waals surface area contributed by atoms with Crippen LogP contribution in [0.15, 0.2) is 0 Å². The molecule has 0 spiro atoms. The maximum Gasteiger partial charge on any atom is 0.238 e. The summed E-state index contributed by atoms with van der Waals surface area (Å²) >= 11 is 0. The second-order valence-corrected chi connectivity index (χ2v) is 9.11. The van der Waals surface area contributed by atoms with Crippen molar-refractivity contribution in [3.63, 3.8) is 0 Å². The van der Waals surface area contributed by atoms with Crippen molar-refractivity contribution in [3.05, 3.63) is 0 Å². The summed E-state index contributed by atoms with van der Waals surface area (Å²) in [5.41, 5.74) is -0.728. The number of amides is 1. The third kappa shape index (κ3) is 3.81. The van der Waals surface area contributed by atoms with E-state index in [1.165, 1.54) is 7.05 Å². The summed E-state index contributed by atoms with van der Waals surface area (Å²) < 4.78 is 24.1. The Morgan fingerprint density at radius 2 is 2.00 bits per heavy atom. The highest BCUT2D eigenvalue weighted by Crippen LogP contribution is 2.40. The van der Waals surface area contributed by atoms with E-state index in [-0.39, 0.29) is 24.4 Å². The number of hydrogen-bond acceptors (Lipinski definition) is 4. The van der Waals surface area contributed by atoms with E-state index < -0.39 is 15.6 Å². The SMILES string of the molecule is CN(CC(=O)N1CCC[C@@H]1[C@H]1CCCC[C@@]1(C)O)S(C)(=O)=O. The monoisotopic (exact) mass is 332 g/mol. The van der Waals surface area contributed by atoms with E-state index in [9.17, 15) is 18.3 Å². The molecule has 7 heteroatoms. The number of nitrogens with zero attached hydrogens (tertiary/aromatic N) is 2. The van der Waals surface area contributed by atoms with Crippen molar-refractivity contribution in [3.8, 4) is 0 Å². The zero-order valence-corrected chi connectivity index (χ0v) is 14.6. The van der Waals surface area contributed by atoms with E-state index in [0.717, 1.165) is 49.1 Å². The molecule has 0 aromatic heterocycles. The standard InChI is InChI=1S/C15H28N2O4S/c1-15(19)9-5-4-7-12(15)13-8-6-10-17(13)14(18)11-16(2)22(3,20)21/h12-13,19H,4-11H2,1-3H3/t12-,13-,15-/m1/s1. The molecule has 2 rings (SSSR count). The van der Waals surface area contributed by atoms with Gasteiger partial charge in [0, 0.05) is 25.6 Å². The van der Waals surface area contributed by atoms with Crippen molar-refractivity contribution >= 4 is 15.9 Å². The maximum absolute atomic E-state index is 12.5. The summed E-state index contributed by atoms with van der Waals surface area (Å²) in [6, 6.07) is 0.0377. The van der Waals surface area contributed by atoms with Crippen LogP contribution in [0.1, 0.15) is 45.4 Å². The average molecular weight is 332 g/mol. The van der Waals surface area contributed by atoms with Gasteiger partial charge >= 0.3 is 0 Å². The molecular formula is C15H28N2O4S. The quantitative estimate of drug-likeness (QED) is 0.826. The highest BCUT2D eigenvalue weighted by atomic mass is 32.2. The third-order valence-corrected chi connectivity index (χ3v) is 6.52. The molecule has 22 heavy (non-hydrogen) atoms. The van der Waals surface area contributed by atoms with Gasteiger partial charge in [0.05, 0.1) is 18.4 Å². The van der Waals surface area contributed by atoms with Crippen LogP contribution in [-0.2, 0) is 14.8 Å². The molecule has 1 aliphatic heterocycles.